The largest absolute Gasteiger partial charge is 0.394 e. The number of ether oxygens (including phenoxy) is 1. The normalized spacial score (nSPS) is 19.5. The summed E-state index contributed by atoms with van der Waals surface area (Å²) >= 11 is 0. The molecule has 5 rings (SSSR count). The molecule has 36 heavy (non-hydrogen) atoms. The Morgan fingerprint density at radius 3 is 2.81 bits per heavy atom. The minimum atomic E-state index is -0.766. The van der Waals surface area contributed by atoms with Gasteiger partial charge in [-0.05, 0) is 36.2 Å². The molecule has 0 aromatic carbocycles. The Kier molecular flexibility index (Phi) is 6.80. The zero-order chi connectivity index (χ0) is 25.1. The SMILES string of the molecule is Cc1ccnc(-c2ccc(CC(=O)NCNc3ncnc4c3ncn4[C@H]3C[C@H](O)[C@@H](CO)O3)cn2)c1. The number of aliphatic hydroxyl groups is 2. The molecular formula is C24H26N8O4. The zero-order valence-corrected chi connectivity index (χ0v) is 19.6. The van der Waals surface area contributed by atoms with Crippen LogP contribution in [0.3, 0.4) is 0 Å². The van der Waals surface area contributed by atoms with Crippen LogP contribution in [0.25, 0.3) is 22.6 Å². The Balaban J connectivity index is 1.17. The molecule has 0 aliphatic carbocycles. The van der Waals surface area contributed by atoms with Crippen molar-refractivity contribution >= 4 is 22.9 Å². The lowest BCUT2D eigenvalue weighted by molar-refractivity contribution is -0.120. The van der Waals surface area contributed by atoms with E-state index in [2.05, 4.69) is 35.6 Å². The van der Waals surface area contributed by atoms with Gasteiger partial charge in [0.25, 0.3) is 0 Å². The molecule has 12 heteroatoms. The maximum atomic E-state index is 12.4. The molecule has 4 aromatic heterocycles. The van der Waals surface area contributed by atoms with Gasteiger partial charge in [-0.25, -0.2) is 15.0 Å². The fourth-order valence-electron chi connectivity index (χ4n) is 4.07. The van der Waals surface area contributed by atoms with E-state index in [4.69, 9.17) is 4.74 Å². The first-order chi connectivity index (χ1) is 17.5. The molecule has 1 saturated heterocycles. The Morgan fingerprint density at radius 1 is 1.17 bits per heavy atom. The van der Waals surface area contributed by atoms with E-state index in [9.17, 15) is 15.0 Å². The standard InChI is InChI=1S/C24H26N8O4/c1-14-4-5-25-17(6-14)16-3-2-15(9-26-16)7-20(35)27-11-28-23-22-24(30-12-29-23)32(13-31-22)21-8-18(34)19(10-33)36-21/h2-6,9,12-13,18-19,21,33-34H,7-8,10-11H2,1H3,(H,27,35)(H,28,29,30)/t18-,19+,21+/m0/s1. The summed E-state index contributed by atoms with van der Waals surface area (Å²) in [5, 5.41) is 25.2. The van der Waals surface area contributed by atoms with E-state index in [1.165, 1.54) is 6.33 Å². The molecular weight excluding hydrogens is 464 g/mol. The van der Waals surface area contributed by atoms with Gasteiger partial charge in [0, 0.05) is 18.8 Å². The third-order valence-corrected chi connectivity index (χ3v) is 5.96. The predicted octanol–water partition coefficient (Wildman–Crippen LogP) is 0.961. The minimum absolute atomic E-state index is 0.141. The van der Waals surface area contributed by atoms with Gasteiger partial charge in [-0.15, -0.1) is 0 Å². The summed E-state index contributed by atoms with van der Waals surface area (Å²) in [7, 11) is 0. The smallest absolute Gasteiger partial charge is 0.225 e. The first kappa shape index (κ1) is 23.7. The number of imidazole rings is 1. The van der Waals surface area contributed by atoms with Crippen molar-refractivity contribution in [2.24, 2.45) is 0 Å². The van der Waals surface area contributed by atoms with Crippen LogP contribution in [0, 0.1) is 6.92 Å². The van der Waals surface area contributed by atoms with Crippen LogP contribution in [0.15, 0.2) is 49.3 Å². The number of nitrogens with one attached hydrogen (secondary N) is 2. The first-order valence-corrected chi connectivity index (χ1v) is 11.5. The van der Waals surface area contributed by atoms with E-state index in [1.54, 1.807) is 23.3 Å². The highest BCUT2D eigenvalue weighted by atomic mass is 16.5. The zero-order valence-electron chi connectivity index (χ0n) is 19.6. The highest BCUT2D eigenvalue weighted by Crippen LogP contribution is 2.31. The summed E-state index contributed by atoms with van der Waals surface area (Å²) in [5.74, 6) is 0.276. The average molecular weight is 491 g/mol. The molecule has 0 radical (unpaired) electrons. The second-order valence-corrected chi connectivity index (χ2v) is 8.56. The number of carbonyl (C=O) groups is 1. The fraction of sp³-hybridized carbons (Fsp3) is 0.333. The summed E-state index contributed by atoms with van der Waals surface area (Å²) in [6, 6.07) is 7.61. The van der Waals surface area contributed by atoms with Gasteiger partial charge in [0.15, 0.2) is 17.0 Å². The number of nitrogens with zero attached hydrogens (tertiary/aromatic N) is 6. The molecule has 1 amide bonds. The van der Waals surface area contributed by atoms with Crippen LogP contribution >= 0.6 is 0 Å². The molecule has 4 N–H and O–H groups in total. The first-order valence-electron chi connectivity index (χ1n) is 11.5. The van der Waals surface area contributed by atoms with Crippen molar-refractivity contribution < 1.29 is 19.7 Å². The van der Waals surface area contributed by atoms with Gasteiger partial charge >= 0.3 is 0 Å². The van der Waals surface area contributed by atoms with Crippen LogP contribution in [-0.4, -0.2) is 71.1 Å². The lowest BCUT2D eigenvalue weighted by Gasteiger charge is -2.13. The molecule has 1 aliphatic rings. The van der Waals surface area contributed by atoms with Gasteiger partial charge in [0.05, 0.1) is 43.5 Å². The van der Waals surface area contributed by atoms with E-state index in [0.29, 0.717) is 23.4 Å². The van der Waals surface area contributed by atoms with Crippen molar-refractivity contribution in [3.05, 3.63) is 60.4 Å². The molecule has 0 saturated carbocycles. The lowest BCUT2D eigenvalue weighted by Crippen LogP contribution is -2.30. The highest BCUT2D eigenvalue weighted by molar-refractivity contribution is 5.83. The molecule has 4 aromatic rings. The number of fused-ring (bicyclic) bond motifs is 1. The number of anilines is 1. The van der Waals surface area contributed by atoms with E-state index in [1.807, 2.05) is 31.2 Å². The van der Waals surface area contributed by atoms with Gasteiger partial charge in [-0.3, -0.25) is 19.3 Å². The minimum Gasteiger partial charge on any atom is -0.394 e. The fourth-order valence-corrected chi connectivity index (χ4v) is 4.07. The number of aliphatic hydroxyl groups excluding tert-OH is 2. The Hall–Kier alpha value is -4.00. The molecule has 0 spiro atoms. The highest BCUT2D eigenvalue weighted by Gasteiger charge is 2.35. The molecule has 186 valence electrons. The number of amides is 1. The maximum absolute atomic E-state index is 12.4. The van der Waals surface area contributed by atoms with Crippen LogP contribution in [0.4, 0.5) is 5.82 Å². The molecule has 12 nitrogen and oxygen atoms in total. The van der Waals surface area contributed by atoms with Crippen molar-refractivity contribution in [2.45, 2.75) is 38.2 Å². The summed E-state index contributed by atoms with van der Waals surface area (Å²) in [5.41, 5.74) is 4.45. The molecule has 1 aliphatic heterocycles. The van der Waals surface area contributed by atoms with Crippen molar-refractivity contribution in [3.8, 4) is 11.4 Å². The van der Waals surface area contributed by atoms with Crippen LogP contribution in [-0.2, 0) is 16.0 Å². The predicted molar refractivity (Wildman–Crippen MR) is 129 cm³/mol. The molecule has 0 unspecified atom stereocenters. The lowest BCUT2D eigenvalue weighted by atomic mass is 10.1. The quantitative estimate of drug-likeness (QED) is 0.262. The van der Waals surface area contributed by atoms with Crippen molar-refractivity contribution in [1.29, 1.82) is 0 Å². The Morgan fingerprint density at radius 2 is 2.06 bits per heavy atom. The van der Waals surface area contributed by atoms with Crippen molar-refractivity contribution in [3.63, 3.8) is 0 Å². The number of hydrogen-bond acceptors (Lipinski definition) is 10. The third-order valence-electron chi connectivity index (χ3n) is 5.96. The van der Waals surface area contributed by atoms with E-state index in [-0.39, 0.29) is 25.6 Å². The van der Waals surface area contributed by atoms with E-state index >= 15 is 0 Å². The van der Waals surface area contributed by atoms with Crippen molar-refractivity contribution in [1.82, 2.24) is 34.8 Å². The van der Waals surface area contributed by atoms with Crippen LogP contribution < -0.4 is 10.6 Å². The molecule has 3 atom stereocenters. The molecule has 1 fully saturated rings. The number of hydrogen-bond donors (Lipinski definition) is 4. The number of rotatable bonds is 8. The van der Waals surface area contributed by atoms with Gasteiger partial charge in [0.1, 0.15) is 18.7 Å². The van der Waals surface area contributed by atoms with Gasteiger partial charge in [0.2, 0.25) is 5.91 Å². The van der Waals surface area contributed by atoms with Crippen LogP contribution in [0.2, 0.25) is 0 Å². The summed E-state index contributed by atoms with van der Waals surface area (Å²) in [6.07, 6.45) is 4.95. The maximum Gasteiger partial charge on any atom is 0.225 e. The Bertz CT molecular complexity index is 1360. The second-order valence-electron chi connectivity index (χ2n) is 8.56. The molecule has 5 heterocycles. The summed E-state index contributed by atoms with van der Waals surface area (Å²) in [4.78, 5) is 34.1. The molecule has 0 bridgehead atoms. The second kappa shape index (κ2) is 10.3. The van der Waals surface area contributed by atoms with Crippen LogP contribution in [0.5, 0.6) is 0 Å². The van der Waals surface area contributed by atoms with Crippen LogP contribution in [0.1, 0.15) is 23.8 Å². The third kappa shape index (κ3) is 5.00. The summed E-state index contributed by atoms with van der Waals surface area (Å²) < 4.78 is 7.40. The summed E-state index contributed by atoms with van der Waals surface area (Å²) in [6.45, 7) is 1.87. The van der Waals surface area contributed by atoms with E-state index < -0.39 is 18.4 Å². The van der Waals surface area contributed by atoms with Gasteiger partial charge in [-0.1, -0.05) is 6.07 Å². The van der Waals surface area contributed by atoms with Gasteiger partial charge in [-0.2, -0.15) is 0 Å². The monoisotopic (exact) mass is 490 g/mol. The van der Waals surface area contributed by atoms with Crippen molar-refractivity contribution in [2.75, 3.05) is 18.6 Å². The van der Waals surface area contributed by atoms with E-state index in [0.717, 1.165) is 22.5 Å². The van der Waals surface area contributed by atoms with Gasteiger partial charge < -0.3 is 25.6 Å². The topological polar surface area (TPSA) is 160 Å². The Labute approximate surface area is 206 Å². The number of carbonyl (C=O) groups excluding carboxylic acids is 1. The number of aryl methyl sites for hydroxylation is 1. The number of aromatic nitrogens is 6. The average Bonchev–Trinajstić information content (AvgIpc) is 3.48. The number of pyridine rings is 2.